The third-order valence-electron chi connectivity index (χ3n) is 3.83. The summed E-state index contributed by atoms with van der Waals surface area (Å²) < 4.78 is 49.8. The molecule has 0 radical (unpaired) electrons. The Morgan fingerprint density at radius 2 is 1.81 bits per heavy atom. The molecular weight excluding hydrogens is 349 g/mol. The molecule has 0 spiro atoms. The highest BCUT2D eigenvalue weighted by Gasteiger charge is 2.37. The Labute approximate surface area is 149 Å². The smallest absolute Gasteiger partial charge is 0.417 e. The molecule has 0 aliphatic rings. The number of carbonyl (C=O) groups is 1. The van der Waals surface area contributed by atoms with Crippen LogP contribution in [0.5, 0.6) is 11.6 Å². The van der Waals surface area contributed by atoms with E-state index in [1.807, 2.05) is 0 Å². The maximum absolute atomic E-state index is 13.3. The first-order valence-electron chi connectivity index (χ1n) is 7.83. The summed E-state index contributed by atoms with van der Waals surface area (Å²) in [7, 11) is 2.75. The lowest BCUT2D eigenvalue weighted by atomic mass is 10.1. The molecule has 1 amide bonds. The van der Waals surface area contributed by atoms with Crippen molar-refractivity contribution in [2.24, 2.45) is 0 Å². The minimum absolute atomic E-state index is 0.169. The number of aromatic nitrogens is 1. The molecule has 26 heavy (non-hydrogen) atoms. The van der Waals surface area contributed by atoms with Gasteiger partial charge in [0, 0.05) is 25.4 Å². The second-order valence-corrected chi connectivity index (χ2v) is 5.44. The van der Waals surface area contributed by atoms with E-state index in [2.05, 4.69) is 4.98 Å². The SMILES string of the molecule is CCN(Cc1ccc(OC)cc1)C(=O)c1cnc(OC)cc1C(F)(F)F. The van der Waals surface area contributed by atoms with Gasteiger partial charge in [-0.1, -0.05) is 12.1 Å². The number of amides is 1. The van der Waals surface area contributed by atoms with E-state index in [0.29, 0.717) is 5.75 Å². The lowest BCUT2D eigenvalue weighted by molar-refractivity contribution is -0.138. The van der Waals surface area contributed by atoms with E-state index in [4.69, 9.17) is 9.47 Å². The normalized spacial score (nSPS) is 11.2. The molecule has 1 aromatic carbocycles. The molecular formula is C18H19F3N2O3. The summed E-state index contributed by atoms with van der Waals surface area (Å²) >= 11 is 0. The molecule has 0 saturated carbocycles. The zero-order chi connectivity index (χ0) is 19.3. The van der Waals surface area contributed by atoms with Crippen LogP contribution in [0.25, 0.3) is 0 Å². The van der Waals surface area contributed by atoms with Crippen LogP contribution in [-0.4, -0.2) is 36.6 Å². The number of pyridine rings is 1. The average Bonchev–Trinajstić information content (AvgIpc) is 2.64. The molecule has 5 nitrogen and oxygen atoms in total. The first-order chi connectivity index (χ1) is 12.3. The second-order valence-electron chi connectivity index (χ2n) is 5.44. The largest absolute Gasteiger partial charge is 0.497 e. The van der Waals surface area contributed by atoms with Gasteiger partial charge in [-0.3, -0.25) is 4.79 Å². The maximum Gasteiger partial charge on any atom is 0.417 e. The minimum atomic E-state index is -4.69. The van der Waals surface area contributed by atoms with Gasteiger partial charge in [-0.2, -0.15) is 13.2 Å². The molecule has 0 N–H and O–H groups in total. The van der Waals surface area contributed by atoms with Crippen LogP contribution >= 0.6 is 0 Å². The molecule has 8 heteroatoms. The van der Waals surface area contributed by atoms with Crippen molar-refractivity contribution in [1.29, 1.82) is 0 Å². The lowest BCUT2D eigenvalue weighted by Crippen LogP contribution is -2.32. The van der Waals surface area contributed by atoms with Gasteiger partial charge in [-0.25, -0.2) is 4.98 Å². The molecule has 0 aliphatic heterocycles. The third kappa shape index (κ3) is 4.44. The Morgan fingerprint density at radius 3 is 2.31 bits per heavy atom. The third-order valence-corrected chi connectivity index (χ3v) is 3.83. The fourth-order valence-corrected chi connectivity index (χ4v) is 2.40. The van der Waals surface area contributed by atoms with Gasteiger partial charge >= 0.3 is 6.18 Å². The van der Waals surface area contributed by atoms with Crippen LogP contribution < -0.4 is 9.47 Å². The zero-order valence-corrected chi connectivity index (χ0v) is 14.6. The molecule has 140 valence electrons. The van der Waals surface area contributed by atoms with Crippen molar-refractivity contribution in [3.05, 3.63) is 53.2 Å². The fourth-order valence-electron chi connectivity index (χ4n) is 2.40. The molecule has 1 aromatic heterocycles. The highest BCUT2D eigenvalue weighted by atomic mass is 19.4. The summed E-state index contributed by atoms with van der Waals surface area (Å²) in [5.74, 6) is -0.292. The molecule has 2 rings (SSSR count). The van der Waals surface area contributed by atoms with Crippen LogP contribution in [0.2, 0.25) is 0 Å². The Hall–Kier alpha value is -2.77. The zero-order valence-electron chi connectivity index (χ0n) is 14.6. The summed E-state index contributed by atoms with van der Waals surface area (Å²) in [6.07, 6.45) is -3.79. The summed E-state index contributed by atoms with van der Waals surface area (Å²) in [6.45, 7) is 2.11. The molecule has 0 aliphatic carbocycles. The van der Waals surface area contributed by atoms with E-state index in [1.165, 1.54) is 19.1 Å². The Bertz CT molecular complexity index is 761. The Kier molecular flexibility index (Phi) is 6.07. The predicted octanol–water partition coefficient (Wildman–Crippen LogP) is 3.78. The topological polar surface area (TPSA) is 51.7 Å². The van der Waals surface area contributed by atoms with Crippen molar-refractivity contribution in [1.82, 2.24) is 9.88 Å². The molecule has 0 saturated heterocycles. The molecule has 0 atom stereocenters. The van der Waals surface area contributed by atoms with Crippen molar-refractivity contribution in [2.45, 2.75) is 19.6 Å². The highest BCUT2D eigenvalue weighted by molar-refractivity contribution is 5.95. The van der Waals surface area contributed by atoms with E-state index in [0.717, 1.165) is 17.8 Å². The molecule has 0 bridgehead atoms. The van der Waals surface area contributed by atoms with Crippen molar-refractivity contribution < 1.29 is 27.4 Å². The van der Waals surface area contributed by atoms with Gasteiger partial charge in [0.05, 0.1) is 25.3 Å². The lowest BCUT2D eigenvalue weighted by Gasteiger charge is -2.23. The highest BCUT2D eigenvalue weighted by Crippen LogP contribution is 2.34. The van der Waals surface area contributed by atoms with Crippen molar-refractivity contribution in [2.75, 3.05) is 20.8 Å². The van der Waals surface area contributed by atoms with Crippen molar-refractivity contribution in [3.8, 4) is 11.6 Å². The van der Waals surface area contributed by atoms with Crippen molar-refractivity contribution >= 4 is 5.91 Å². The molecule has 0 fully saturated rings. The van der Waals surface area contributed by atoms with Crippen LogP contribution in [0, 0.1) is 0 Å². The van der Waals surface area contributed by atoms with E-state index in [9.17, 15) is 18.0 Å². The number of carbonyl (C=O) groups excluding carboxylic acids is 1. The number of halogens is 3. The van der Waals surface area contributed by atoms with Crippen LogP contribution in [-0.2, 0) is 12.7 Å². The van der Waals surface area contributed by atoms with E-state index in [1.54, 1.807) is 31.2 Å². The van der Waals surface area contributed by atoms with Crippen molar-refractivity contribution in [3.63, 3.8) is 0 Å². The number of hydrogen-bond acceptors (Lipinski definition) is 4. The number of rotatable bonds is 6. The Morgan fingerprint density at radius 1 is 1.15 bits per heavy atom. The van der Waals surface area contributed by atoms with Crippen LogP contribution in [0.1, 0.15) is 28.4 Å². The van der Waals surface area contributed by atoms with Gasteiger partial charge in [0.1, 0.15) is 5.75 Å². The maximum atomic E-state index is 13.3. The number of methoxy groups -OCH3 is 2. The van der Waals surface area contributed by atoms with Crippen LogP contribution in [0.3, 0.4) is 0 Å². The number of alkyl halides is 3. The first kappa shape index (κ1) is 19.6. The van der Waals surface area contributed by atoms with Gasteiger partial charge in [-0.05, 0) is 24.6 Å². The van der Waals surface area contributed by atoms with Gasteiger partial charge in [0.25, 0.3) is 5.91 Å². The van der Waals surface area contributed by atoms with E-state index >= 15 is 0 Å². The Balaban J connectivity index is 2.32. The van der Waals surface area contributed by atoms with Crippen LogP contribution in [0.4, 0.5) is 13.2 Å². The number of nitrogens with zero attached hydrogens (tertiary/aromatic N) is 2. The fraction of sp³-hybridized carbons (Fsp3) is 0.333. The summed E-state index contributed by atoms with van der Waals surface area (Å²) in [6, 6.07) is 7.69. The summed E-state index contributed by atoms with van der Waals surface area (Å²) in [4.78, 5) is 17.8. The second kappa shape index (κ2) is 8.07. The predicted molar refractivity (Wildman–Crippen MR) is 89.2 cm³/mol. The molecule has 2 aromatic rings. The first-order valence-corrected chi connectivity index (χ1v) is 7.83. The van der Waals surface area contributed by atoms with Gasteiger partial charge in [0.15, 0.2) is 0 Å². The van der Waals surface area contributed by atoms with Gasteiger partial charge < -0.3 is 14.4 Å². The standard InChI is InChI=1S/C18H19F3N2O3/c1-4-23(11-12-5-7-13(25-2)8-6-12)17(24)14-10-22-16(26-3)9-15(14)18(19,20)21/h5-10H,4,11H2,1-3H3. The average molecular weight is 368 g/mol. The van der Waals surface area contributed by atoms with E-state index in [-0.39, 0.29) is 19.0 Å². The number of ether oxygens (including phenoxy) is 2. The monoisotopic (exact) mass is 368 g/mol. The molecule has 0 unspecified atom stereocenters. The summed E-state index contributed by atoms with van der Waals surface area (Å²) in [5, 5.41) is 0. The quantitative estimate of drug-likeness (QED) is 0.779. The molecule has 1 heterocycles. The number of benzene rings is 1. The van der Waals surface area contributed by atoms with E-state index < -0.39 is 23.2 Å². The summed E-state index contributed by atoms with van der Waals surface area (Å²) in [5.41, 5.74) is -0.799. The van der Waals surface area contributed by atoms with Gasteiger partial charge in [-0.15, -0.1) is 0 Å². The minimum Gasteiger partial charge on any atom is -0.497 e. The number of hydrogen-bond donors (Lipinski definition) is 0. The van der Waals surface area contributed by atoms with Crippen LogP contribution in [0.15, 0.2) is 36.5 Å². The van der Waals surface area contributed by atoms with Gasteiger partial charge in [0.2, 0.25) is 5.88 Å².